The van der Waals surface area contributed by atoms with Crippen LogP contribution in [0.5, 0.6) is 0 Å². The maximum atomic E-state index is 6.22. The minimum absolute atomic E-state index is 0.860. The second-order valence-corrected chi connectivity index (χ2v) is 16.5. The molecule has 3 nitrogen and oxygen atoms in total. The van der Waals surface area contributed by atoms with Gasteiger partial charge in [-0.2, -0.15) is 0 Å². The topological polar surface area (TPSA) is 19.6 Å². The largest absolute Gasteiger partial charge is 0.456 e. The minimum Gasteiger partial charge on any atom is -0.456 e. The molecule has 294 valence electrons. The number of thiophene rings is 1. The zero-order valence-corrected chi connectivity index (χ0v) is 34.6. The fraction of sp³-hybridized carbons (Fsp3) is 0. The van der Waals surface area contributed by atoms with Crippen LogP contribution in [0.3, 0.4) is 0 Å². The van der Waals surface area contributed by atoms with Gasteiger partial charge in [-0.1, -0.05) is 133 Å². The van der Waals surface area contributed by atoms with Crippen molar-refractivity contribution in [2.45, 2.75) is 0 Å². The molecule has 0 unspecified atom stereocenters. The molecule has 11 aromatic rings. The summed E-state index contributed by atoms with van der Waals surface area (Å²) in [5.41, 5.74) is 14.3. The number of hydrogen-bond acceptors (Lipinski definition) is 4. The van der Waals surface area contributed by atoms with Crippen molar-refractivity contribution in [3.05, 3.63) is 243 Å². The number of para-hydroxylation sites is 2. The van der Waals surface area contributed by atoms with E-state index >= 15 is 0 Å². The van der Waals surface area contributed by atoms with Crippen LogP contribution in [0.2, 0.25) is 0 Å². The summed E-state index contributed by atoms with van der Waals surface area (Å²) < 4.78 is 7.53. The quantitative estimate of drug-likeness (QED) is 0.137. The van der Waals surface area contributed by atoms with Crippen LogP contribution in [-0.2, 0) is 0 Å². The molecule has 4 heteroatoms. The number of rotatable bonds is 10. The molecular weight excluding hydrogens is 773 g/mol. The Morgan fingerprint density at radius 1 is 0.290 bits per heavy atom. The monoisotopic (exact) mass is 812 g/mol. The van der Waals surface area contributed by atoms with Crippen LogP contribution in [0.4, 0.5) is 34.1 Å². The number of fused-ring (bicyclic) bond motifs is 2. The Labute approximate surface area is 365 Å². The van der Waals surface area contributed by atoms with Crippen molar-refractivity contribution < 1.29 is 4.42 Å². The van der Waals surface area contributed by atoms with Gasteiger partial charge in [-0.15, -0.1) is 11.3 Å². The van der Waals surface area contributed by atoms with Crippen molar-refractivity contribution in [3.63, 3.8) is 0 Å². The third-order valence-electron chi connectivity index (χ3n) is 11.5. The molecular formula is C58H40N2OS. The van der Waals surface area contributed by atoms with E-state index in [1.54, 1.807) is 0 Å². The Bertz CT molecular complexity index is 3200. The van der Waals surface area contributed by atoms with Gasteiger partial charge in [0.25, 0.3) is 0 Å². The van der Waals surface area contributed by atoms with Crippen molar-refractivity contribution in [2.24, 2.45) is 0 Å². The molecule has 0 aliphatic carbocycles. The van der Waals surface area contributed by atoms with Crippen LogP contribution in [0, 0.1) is 0 Å². The summed E-state index contributed by atoms with van der Waals surface area (Å²) in [5, 5.41) is 2.39. The summed E-state index contributed by atoms with van der Waals surface area (Å²) in [5.74, 6) is 0.860. The molecule has 0 amide bonds. The Morgan fingerprint density at radius 2 is 0.742 bits per heavy atom. The number of furan rings is 1. The Hall–Kier alpha value is -7.92. The molecule has 0 spiro atoms. The molecule has 0 radical (unpaired) electrons. The normalized spacial score (nSPS) is 11.2. The highest BCUT2D eigenvalue weighted by molar-refractivity contribution is 7.22. The van der Waals surface area contributed by atoms with Crippen molar-refractivity contribution in [3.8, 4) is 44.0 Å². The van der Waals surface area contributed by atoms with E-state index in [9.17, 15) is 0 Å². The average Bonchev–Trinajstić information content (AvgIpc) is 3.99. The van der Waals surface area contributed by atoms with Gasteiger partial charge in [0.1, 0.15) is 11.3 Å². The molecule has 2 heterocycles. The second-order valence-electron chi connectivity index (χ2n) is 15.4. The van der Waals surface area contributed by atoms with Gasteiger partial charge in [-0.3, -0.25) is 0 Å². The van der Waals surface area contributed by atoms with E-state index in [0.717, 1.165) is 67.5 Å². The van der Waals surface area contributed by atoms with Gasteiger partial charge in [-0.05, 0) is 142 Å². The summed E-state index contributed by atoms with van der Waals surface area (Å²) in [7, 11) is 0. The summed E-state index contributed by atoms with van der Waals surface area (Å²) in [6, 6.07) is 86.5. The molecule has 11 rings (SSSR count). The lowest BCUT2D eigenvalue weighted by Crippen LogP contribution is -2.10. The zero-order valence-electron chi connectivity index (χ0n) is 33.8. The lowest BCUT2D eigenvalue weighted by atomic mass is 10.0. The third-order valence-corrected chi connectivity index (χ3v) is 12.6. The Kier molecular flexibility index (Phi) is 9.74. The van der Waals surface area contributed by atoms with E-state index in [-0.39, 0.29) is 0 Å². The molecule has 0 aliphatic rings. The Morgan fingerprint density at radius 3 is 1.35 bits per heavy atom. The molecule has 2 aromatic heterocycles. The first-order valence-corrected chi connectivity index (χ1v) is 21.7. The molecule has 0 aliphatic heterocycles. The molecule has 0 saturated carbocycles. The summed E-state index contributed by atoms with van der Waals surface area (Å²) in [6.45, 7) is 0. The molecule has 9 aromatic carbocycles. The zero-order chi connectivity index (χ0) is 41.2. The van der Waals surface area contributed by atoms with Crippen molar-refractivity contribution in [1.82, 2.24) is 0 Å². The molecule has 0 bridgehead atoms. The van der Waals surface area contributed by atoms with Gasteiger partial charge >= 0.3 is 0 Å². The van der Waals surface area contributed by atoms with Crippen molar-refractivity contribution in [1.29, 1.82) is 0 Å². The highest BCUT2D eigenvalue weighted by atomic mass is 32.1. The minimum atomic E-state index is 0.860. The molecule has 0 fully saturated rings. The first-order chi connectivity index (χ1) is 30.7. The van der Waals surface area contributed by atoms with Crippen LogP contribution in [-0.4, -0.2) is 0 Å². The average molecular weight is 813 g/mol. The third kappa shape index (κ3) is 7.34. The lowest BCUT2D eigenvalue weighted by molar-refractivity contribution is 0.631. The summed E-state index contributed by atoms with van der Waals surface area (Å²) >= 11 is 1.84. The smallest absolute Gasteiger partial charge is 0.135 e. The number of nitrogens with zero attached hydrogens (tertiary/aromatic N) is 2. The van der Waals surface area contributed by atoms with Crippen molar-refractivity contribution in [2.75, 3.05) is 9.80 Å². The van der Waals surface area contributed by atoms with Gasteiger partial charge in [0.05, 0.1) is 0 Å². The number of benzene rings is 9. The Balaban J connectivity index is 0.902. The predicted octanol–water partition coefficient (Wildman–Crippen LogP) is 17.3. The van der Waals surface area contributed by atoms with Crippen LogP contribution in [0.25, 0.3) is 65.1 Å². The molecule has 0 N–H and O–H groups in total. The highest BCUT2D eigenvalue weighted by Gasteiger charge is 2.17. The number of hydrogen-bond donors (Lipinski definition) is 0. The highest BCUT2D eigenvalue weighted by Crippen LogP contribution is 2.41. The second kappa shape index (κ2) is 16.3. The molecule has 62 heavy (non-hydrogen) atoms. The van der Waals surface area contributed by atoms with E-state index in [1.807, 2.05) is 29.5 Å². The van der Waals surface area contributed by atoms with Crippen LogP contribution >= 0.6 is 11.3 Å². The van der Waals surface area contributed by atoms with E-state index in [4.69, 9.17) is 4.42 Å². The fourth-order valence-corrected chi connectivity index (χ4v) is 9.40. The van der Waals surface area contributed by atoms with Gasteiger partial charge < -0.3 is 14.2 Å². The first kappa shape index (κ1) is 37.1. The maximum Gasteiger partial charge on any atom is 0.135 e. The maximum absolute atomic E-state index is 6.22. The van der Waals surface area contributed by atoms with Gasteiger partial charge in [0, 0.05) is 54.7 Å². The van der Waals surface area contributed by atoms with Gasteiger partial charge in [0.2, 0.25) is 0 Å². The lowest BCUT2D eigenvalue weighted by Gasteiger charge is -2.27. The first-order valence-electron chi connectivity index (χ1n) is 20.9. The van der Waals surface area contributed by atoms with Gasteiger partial charge in [0.15, 0.2) is 0 Å². The van der Waals surface area contributed by atoms with E-state index in [2.05, 4.69) is 234 Å². The van der Waals surface area contributed by atoms with E-state index in [0.29, 0.717) is 0 Å². The molecule has 0 atom stereocenters. The van der Waals surface area contributed by atoms with E-state index in [1.165, 1.54) is 31.7 Å². The van der Waals surface area contributed by atoms with Crippen LogP contribution < -0.4 is 9.80 Å². The van der Waals surface area contributed by atoms with Crippen molar-refractivity contribution >= 4 is 66.5 Å². The molecule has 0 saturated heterocycles. The van der Waals surface area contributed by atoms with Crippen LogP contribution in [0.1, 0.15) is 0 Å². The standard InChI is InChI=1S/C58H40N2OS/c1-3-12-41(13-4-1)46-16-11-19-54(38-46)60(53-34-26-44(27-35-53)56-39-47-14-7-9-20-55(47)61-56)52-32-24-43(25-33-52)42-22-30-50(31-23-42)59(49-17-5-2-6-18-49)51-36-28-45(29-37-51)58-40-48-15-8-10-21-57(48)62-58/h1-40H. The van der Waals surface area contributed by atoms with E-state index < -0.39 is 0 Å². The summed E-state index contributed by atoms with van der Waals surface area (Å²) in [4.78, 5) is 5.92. The fourth-order valence-electron chi connectivity index (χ4n) is 8.33. The van der Waals surface area contributed by atoms with Gasteiger partial charge in [-0.25, -0.2) is 0 Å². The number of anilines is 6. The predicted molar refractivity (Wildman–Crippen MR) is 263 cm³/mol. The SMILES string of the molecule is c1ccc(-c2cccc(N(c3ccc(-c4ccc(N(c5ccccc5)c5ccc(-c6cc7ccccc7s6)cc5)cc4)cc3)c3ccc(-c4cc5ccccc5o4)cc3)c2)cc1. The summed E-state index contributed by atoms with van der Waals surface area (Å²) in [6.07, 6.45) is 0. The van der Waals surface area contributed by atoms with Crippen LogP contribution in [0.15, 0.2) is 247 Å².